The van der Waals surface area contributed by atoms with E-state index >= 15 is 0 Å². The molecule has 1 aliphatic heterocycles. The summed E-state index contributed by atoms with van der Waals surface area (Å²) >= 11 is 0. The molecule has 7 heteroatoms. The van der Waals surface area contributed by atoms with Crippen molar-refractivity contribution >= 4 is 11.9 Å². The Balaban J connectivity index is 1.50. The van der Waals surface area contributed by atoms with E-state index in [0.717, 1.165) is 29.7 Å². The first-order chi connectivity index (χ1) is 10.9. The van der Waals surface area contributed by atoms with Crippen molar-refractivity contribution in [1.29, 1.82) is 0 Å². The molecule has 124 valence electrons. The van der Waals surface area contributed by atoms with Crippen molar-refractivity contribution in [2.45, 2.75) is 46.1 Å². The van der Waals surface area contributed by atoms with Gasteiger partial charge >= 0.3 is 0 Å². The lowest BCUT2D eigenvalue weighted by Gasteiger charge is -2.32. The van der Waals surface area contributed by atoms with Gasteiger partial charge in [0.25, 0.3) is 5.91 Å². The highest BCUT2D eigenvalue weighted by molar-refractivity contribution is 5.96. The van der Waals surface area contributed by atoms with Crippen molar-refractivity contribution in [2.75, 3.05) is 18.5 Å². The van der Waals surface area contributed by atoms with Gasteiger partial charge in [0.2, 0.25) is 5.95 Å². The molecular weight excluding hydrogens is 292 g/mol. The predicted octanol–water partition coefficient (Wildman–Crippen LogP) is 1.51. The SMILES string of the molecule is CC1=C(C(=O)NCC2(C)CC3CC3C2)C(C)n2nnnc2N1C. The van der Waals surface area contributed by atoms with Gasteiger partial charge in [0.15, 0.2) is 0 Å². The Morgan fingerprint density at radius 3 is 2.78 bits per heavy atom. The number of tetrazole rings is 1. The number of nitrogens with zero attached hydrogens (tertiary/aromatic N) is 5. The minimum atomic E-state index is -0.152. The lowest BCUT2D eigenvalue weighted by atomic mass is 9.85. The molecule has 0 bridgehead atoms. The van der Waals surface area contributed by atoms with E-state index in [-0.39, 0.29) is 17.4 Å². The van der Waals surface area contributed by atoms with Gasteiger partial charge in [0, 0.05) is 19.3 Å². The van der Waals surface area contributed by atoms with E-state index < -0.39 is 0 Å². The van der Waals surface area contributed by atoms with Crippen molar-refractivity contribution in [3.63, 3.8) is 0 Å². The molecule has 0 saturated heterocycles. The summed E-state index contributed by atoms with van der Waals surface area (Å²) in [6, 6.07) is -0.152. The molecule has 3 atom stereocenters. The molecule has 2 fully saturated rings. The van der Waals surface area contributed by atoms with Crippen LogP contribution in [0.25, 0.3) is 0 Å². The molecule has 2 aliphatic carbocycles. The maximum Gasteiger partial charge on any atom is 0.251 e. The third-order valence-corrected chi connectivity index (χ3v) is 5.95. The zero-order valence-corrected chi connectivity index (χ0v) is 14.2. The molecule has 3 unspecified atom stereocenters. The fraction of sp³-hybridized carbons (Fsp3) is 0.750. The Kier molecular flexibility index (Phi) is 3.05. The third kappa shape index (κ3) is 2.24. The van der Waals surface area contributed by atoms with Crippen LogP contribution in [0.4, 0.5) is 5.95 Å². The molecule has 1 aromatic heterocycles. The summed E-state index contributed by atoms with van der Waals surface area (Å²) in [7, 11) is 1.89. The summed E-state index contributed by atoms with van der Waals surface area (Å²) in [5.74, 6) is 2.52. The Hall–Kier alpha value is -1.92. The van der Waals surface area contributed by atoms with Gasteiger partial charge in [0.05, 0.1) is 11.6 Å². The molecule has 23 heavy (non-hydrogen) atoms. The number of rotatable bonds is 3. The van der Waals surface area contributed by atoms with Crippen LogP contribution in [-0.2, 0) is 4.79 Å². The van der Waals surface area contributed by atoms with Crippen LogP contribution in [0, 0.1) is 17.3 Å². The van der Waals surface area contributed by atoms with Gasteiger partial charge < -0.3 is 10.2 Å². The van der Waals surface area contributed by atoms with Crippen molar-refractivity contribution < 1.29 is 4.79 Å². The highest BCUT2D eigenvalue weighted by atomic mass is 16.1. The van der Waals surface area contributed by atoms with Crippen LogP contribution in [0.5, 0.6) is 0 Å². The smallest absolute Gasteiger partial charge is 0.251 e. The van der Waals surface area contributed by atoms with Gasteiger partial charge in [0.1, 0.15) is 0 Å². The van der Waals surface area contributed by atoms with Crippen molar-refractivity contribution in [2.24, 2.45) is 17.3 Å². The van der Waals surface area contributed by atoms with Gasteiger partial charge in [-0.1, -0.05) is 12.0 Å². The minimum Gasteiger partial charge on any atom is -0.352 e. The number of hydrogen-bond acceptors (Lipinski definition) is 5. The monoisotopic (exact) mass is 316 g/mol. The quantitative estimate of drug-likeness (QED) is 0.915. The van der Waals surface area contributed by atoms with Crippen LogP contribution in [0.2, 0.25) is 0 Å². The molecule has 0 radical (unpaired) electrons. The van der Waals surface area contributed by atoms with Crippen LogP contribution < -0.4 is 10.2 Å². The number of anilines is 1. The molecule has 1 N–H and O–H groups in total. The summed E-state index contributed by atoms with van der Waals surface area (Å²) in [4.78, 5) is 14.7. The number of carbonyl (C=O) groups is 1. The van der Waals surface area contributed by atoms with E-state index in [1.165, 1.54) is 19.3 Å². The highest BCUT2D eigenvalue weighted by Crippen LogP contribution is 2.59. The Labute approximate surface area is 136 Å². The van der Waals surface area contributed by atoms with E-state index in [2.05, 4.69) is 27.8 Å². The lowest BCUT2D eigenvalue weighted by Crippen LogP contribution is -2.40. The predicted molar refractivity (Wildman–Crippen MR) is 85.6 cm³/mol. The zero-order chi connectivity index (χ0) is 16.4. The molecular formula is C16H24N6O. The van der Waals surface area contributed by atoms with Crippen molar-refractivity contribution in [3.05, 3.63) is 11.3 Å². The molecule has 3 aliphatic rings. The van der Waals surface area contributed by atoms with Gasteiger partial charge in [-0.15, -0.1) is 0 Å². The van der Waals surface area contributed by atoms with Gasteiger partial charge in [-0.3, -0.25) is 4.79 Å². The largest absolute Gasteiger partial charge is 0.352 e. The second-order valence-electron chi connectivity index (χ2n) is 7.81. The van der Waals surface area contributed by atoms with E-state index in [9.17, 15) is 4.79 Å². The summed E-state index contributed by atoms with van der Waals surface area (Å²) in [6.45, 7) is 6.98. The molecule has 2 saturated carbocycles. The molecule has 0 aromatic carbocycles. The number of fused-ring (bicyclic) bond motifs is 2. The number of amides is 1. The summed E-state index contributed by atoms with van der Waals surface area (Å²) in [5, 5.41) is 15.0. The number of allylic oxidation sites excluding steroid dienone is 1. The zero-order valence-electron chi connectivity index (χ0n) is 14.2. The van der Waals surface area contributed by atoms with Gasteiger partial charge in [-0.25, -0.2) is 4.68 Å². The number of aromatic nitrogens is 4. The molecule has 7 nitrogen and oxygen atoms in total. The van der Waals surface area contributed by atoms with Crippen molar-refractivity contribution in [3.8, 4) is 0 Å². The van der Waals surface area contributed by atoms with Crippen LogP contribution >= 0.6 is 0 Å². The lowest BCUT2D eigenvalue weighted by molar-refractivity contribution is -0.118. The molecule has 2 heterocycles. The second-order valence-corrected chi connectivity index (χ2v) is 7.81. The molecule has 0 spiro atoms. The van der Waals surface area contributed by atoms with E-state index in [0.29, 0.717) is 5.95 Å². The fourth-order valence-corrected chi connectivity index (χ4v) is 4.46. The Morgan fingerprint density at radius 1 is 1.39 bits per heavy atom. The van der Waals surface area contributed by atoms with Crippen LogP contribution in [0.3, 0.4) is 0 Å². The maximum absolute atomic E-state index is 12.8. The first-order valence-electron chi connectivity index (χ1n) is 8.40. The van der Waals surface area contributed by atoms with Crippen molar-refractivity contribution in [1.82, 2.24) is 25.5 Å². The fourth-order valence-electron chi connectivity index (χ4n) is 4.46. The van der Waals surface area contributed by atoms with Crippen LogP contribution in [0.1, 0.15) is 46.1 Å². The summed E-state index contributed by atoms with van der Waals surface area (Å²) in [5.41, 5.74) is 1.93. The summed E-state index contributed by atoms with van der Waals surface area (Å²) < 4.78 is 1.70. The van der Waals surface area contributed by atoms with Crippen LogP contribution in [-0.4, -0.2) is 39.7 Å². The molecule has 4 rings (SSSR count). The number of nitrogens with one attached hydrogen (secondary N) is 1. The Morgan fingerprint density at radius 2 is 2.09 bits per heavy atom. The first kappa shape index (κ1) is 14.7. The van der Waals surface area contributed by atoms with E-state index in [1.807, 2.05) is 25.8 Å². The highest BCUT2D eigenvalue weighted by Gasteiger charge is 2.51. The third-order valence-electron chi connectivity index (χ3n) is 5.95. The Bertz CT molecular complexity index is 682. The standard InChI is InChI=1S/C16H24N6O/c1-9-13(10(2)22-15(21(9)4)18-19-20-22)14(23)17-8-16(3)6-11-5-12(11)7-16/h10-12H,5-8H2,1-4H3,(H,17,23). The normalized spacial score (nSPS) is 35.1. The van der Waals surface area contributed by atoms with Crippen LogP contribution in [0.15, 0.2) is 11.3 Å². The van der Waals surface area contributed by atoms with E-state index in [4.69, 9.17) is 0 Å². The second kappa shape index (κ2) is 4.79. The topological polar surface area (TPSA) is 75.9 Å². The maximum atomic E-state index is 12.8. The number of carbonyl (C=O) groups excluding carboxylic acids is 1. The minimum absolute atomic E-state index is 0.00444. The average molecular weight is 316 g/mol. The molecule has 1 amide bonds. The van der Waals surface area contributed by atoms with E-state index in [1.54, 1.807) is 4.68 Å². The first-order valence-corrected chi connectivity index (χ1v) is 8.40. The van der Waals surface area contributed by atoms with Gasteiger partial charge in [-0.2, -0.15) is 0 Å². The average Bonchev–Trinajstić information content (AvgIpc) is 2.93. The van der Waals surface area contributed by atoms with Gasteiger partial charge in [-0.05, 0) is 60.8 Å². The molecule has 1 aromatic rings. The summed E-state index contributed by atoms with van der Waals surface area (Å²) in [6.07, 6.45) is 3.91. The number of hydrogen-bond donors (Lipinski definition) is 1.